The molecule has 0 atom stereocenters. The first-order valence-corrected chi connectivity index (χ1v) is 9.29. The van der Waals surface area contributed by atoms with Crippen LogP contribution in [0.3, 0.4) is 0 Å². The predicted molar refractivity (Wildman–Crippen MR) is 116 cm³/mol. The number of aryl methyl sites for hydroxylation is 1. The van der Waals surface area contributed by atoms with Crippen molar-refractivity contribution >= 4 is 23.6 Å². The van der Waals surface area contributed by atoms with E-state index in [9.17, 15) is 9.59 Å². The van der Waals surface area contributed by atoms with Crippen LogP contribution >= 0.6 is 0 Å². The van der Waals surface area contributed by atoms with Crippen LogP contribution < -0.4 is 16.4 Å². The quantitative estimate of drug-likeness (QED) is 0.447. The molecule has 0 radical (unpaired) electrons. The van der Waals surface area contributed by atoms with E-state index in [1.165, 1.54) is 0 Å². The molecule has 5 nitrogen and oxygen atoms in total. The Labute approximate surface area is 170 Å². The summed E-state index contributed by atoms with van der Waals surface area (Å²) in [6.07, 6.45) is 1.66. The summed E-state index contributed by atoms with van der Waals surface area (Å²) in [5.74, 6) is -0.739. The van der Waals surface area contributed by atoms with Crippen molar-refractivity contribution in [1.29, 1.82) is 0 Å². The van der Waals surface area contributed by atoms with E-state index in [4.69, 9.17) is 5.73 Å². The number of para-hydroxylation sites is 1. The summed E-state index contributed by atoms with van der Waals surface area (Å²) in [4.78, 5) is 25.4. The van der Waals surface area contributed by atoms with Crippen LogP contribution in [0.4, 0.5) is 5.69 Å². The van der Waals surface area contributed by atoms with Crippen LogP contribution in [0.1, 0.15) is 27.0 Å². The van der Waals surface area contributed by atoms with Gasteiger partial charge in [0.15, 0.2) is 0 Å². The molecule has 3 aromatic carbocycles. The molecule has 5 heteroatoms. The van der Waals surface area contributed by atoms with E-state index >= 15 is 0 Å². The molecule has 0 bridgehead atoms. The number of rotatable bonds is 6. The summed E-state index contributed by atoms with van der Waals surface area (Å²) < 4.78 is 0. The van der Waals surface area contributed by atoms with Crippen LogP contribution in [0.2, 0.25) is 0 Å². The van der Waals surface area contributed by atoms with Crippen molar-refractivity contribution in [2.75, 3.05) is 5.73 Å². The second kappa shape index (κ2) is 9.37. The van der Waals surface area contributed by atoms with E-state index in [-0.39, 0.29) is 18.1 Å². The highest BCUT2D eigenvalue weighted by atomic mass is 16.2. The van der Waals surface area contributed by atoms with Crippen molar-refractivity contribution < 1.29 is 9.59 Å². The second-order valence-corrected chi connectivity index (χ2v) is 6.67. The molecule has 0 spiro atoms. The Hall–Kier alpha value is -3.86. The van der Waals surface area contributed by atoms with Crippen LogP contribution in [0.25, 0.3) is 6.08 Å². The fourth-order valence-corrected chi connectivity index (χ4v) is 2.74. The van der Waals surface area contributed by atoms with Gasteiger partial charge < -0.3 is 16.4 Å². The van der Waals surface area contributed by atoms with Crippen molar-refractivity contribution in [3.63, 3.8) is 0 Å². The zero-order chi connectivity index (χ0) is 20.6. The molecule has 2 amide bonds. The lowest BCUT2D eigenvalue weighted by atomic mass is 10.1. The summed E-state index contributed by atoms with van der Waals surface area (Å²) in [6.45, 7) is 2.25. The lowest BCUT2D eigenvalue weighted by molar-refractivity contribution is -0.117. The smallest absolute Gasteiger partial charge is 0.268 e. The topological polar surface area (TPSA) is 84.2 Å². The molecule has 0 heterocycles. The molecule has 0 unspecified atom stereocenters. The Bertz CT molecular complexity index is 1030. The number of carbonyl (C=O) groups excluding carboxylic acids is 2. The van der Waals surface area contributed by atoms with E-state index < -0.39 is 5.91 Å². The minimum atomic E-state index is -0.391. The van der Waals surface area contributed by atoms with Gasteiger partial charge in [0.2, 0.25) is 0 Å². The van der Waals surface area contributed by atoms with Gasteiger partial charge in [-0.15, -0.1) is 0 Å². The molecule has 0 aliphatic carbocycles. The SMILES string of the molecule is Cc1ccc(/C=C(\NC(=O)c2ccccc2)C(=O)NCc2ccccc2N)cc1. The molecule has 0 aliphatic rings. The lowest BCUT2D eigenvalue weighted by Gasteiger charge is -2.12. The minimum absolute atomic E-state index is 0.164. The normalized spacial score (nSPS) is 11.0. The molecule has 3 rings (SSSR count). The monoisotopic (exact) mass is 385 g/mol. The van der Waals surface area contributed by atoms with Gasteiger partial charge in [0.25, 0.3) is 11.8 Å². The van der Waals surface area contributed by atoms with Crippen molar-refractivity contribution in [3.8, 4) is 0 Å². The molecular weight excluding hydrogens is 362 g/mol. The molecule has 0 aromatic heterocycles. The first-order valence-electron chi connectivity index (χ1n) is 9.29. The average molecular weight is 385 g/mol. The Balaban J connectivity index is 1.81. The Morgan fingerprint density at radius 1 is 0.897 bits per heavy atom. The molecule has 4 N–H and O–H groups in total. The number of nitrogens with one attached hydrogen (secondary N) is 2. The fourth-order valence-electron chi connectivity index (χ4n) is 2.74. The first kappa shape index (κ1) is 19.9. The van der Waals surface area contributed by atoms with Gasteiger partial charge in [0.1, 0.15) is 5.70 Å². The highest BCUT2D eigenvalue weighted by Crippen LogP contribution is 2.12. The van der Waals surface area contributed by atoms with Crippen LogP contribution in [0.15, 0.2) is 84.6 Å². The first-order chi connectivity index (χ1) is 14.0. The number of benzene rings is 3. The molecule has 146 valence electrons. The molecule has 0 saturated heterocycles. The minimum Gasteiger partial charge on any atom is -0.398 e. The van der Waals surface area contributed by atoms with Gasteiger partial charge in [0.05, 0.1) is 0 Å². The Kier molecular flexibility index (Phi) is 6.43. The van der Waals surface area contributed by atoms with Gasteiger partial charge >= 0.3 is 0 Å². The number of nitrogens with two attached hydrogens (primary N) is 1. The van der Waals surface area contributed by atoms with Crippen LogP contribution in [-0.2, 0) is 11.3 Å². The zero-order valence-corrected chi connectivity index (χ0v) is 16.2. The summed E-state index contributed by atoms with van der Waals surface area (Å²) in [6, 6.07) is 23.8. The van der Waals surface area contributed by atoms with E-state index in [1.807, 2.05) is 55.5 Å². The van der Waals surface area contributed by atoms with E-state index in [0.29, 0.717) is 11.3 Å². The number of hydrogen-bond donors (Lipinski definition) is 3. The molecule has 3 aromatic rings. The molecule has 0 saturated carbocycles. The number of carbonyl (C=O) groups is 2. The van der Waals surface area contributed by atoms with Gasteiger partial charge in [-0.05, 0) is 42.3 Å². The second-order valence-electron chi connectivity index (χ2n) is 6.67. The number of hydrogen-bond acceptors (Lipinski definition) is 3. The number of anilines is 1. The third-order valence-electron chi connectivity index (χ3n) is 4.41. The maximum absolute atomic E-state index is 12.8. The largest absolute Gasteiger partial charge is 0.398 e. The van der Waals surface area contributed by atoms with Crippen LogP contribution in [-0.4, -0.2) is 11.8 Å². The number of amides is 2. The Morgan fingerprint density at radius 3 is 2.24 bits per heavy atom. The summed E-state index contributed by atoms with van der Waals surface area (Å²) in [5.41, 5.74) is 9.92. The predicted octanol–water partition coefficient (Wildman–Crippen LogP) is 3.66. The van der Waals surface area contributed by atoms with Gasteiger partial charge in [-0.1, -0.05) is 66.2 Å². The maximum atomic E-state index is 12.8. The fraction of sp³-hybridized carbons (Fsp3) is 0.0833. The zero-order valence-electron chi connectivity index (χ0n) is 16.2. The van der Waals surface area contributed by atoms with Crippen LogP contribution in [0.5, 0.6) is 0 Å². The summed E-state index contributed by atoms with van der Waals surface area (Å²) >= 11 is 0. The van der Waals surface area contributed by atoms with Crippen molar-refractivity contribution in [1.82, 2.24) is 10.6 Å². The van der Waals surface area contributed by atoms with Crippen LogP contribution in [0, 0.1) is 6.92 Å². The van der Waals surface area contributed by atoms with Gasteiger partial charge in [-0.3, -0.25) is 9.59 Å². The molecule has 0 fully saturated rings. The van der Waals surface area contributed by atoms with Gasteiger partial charge in [-0.2, -0.15) is 0 Å². The standard InChI is InChI=1S/C24H23N3O2/c1-17-11-13-18(14-12-17)15-22(27-23(28)19-7-3-2-4-8-19)24(29)26-16-20-9-5-6-10-21(20)25/h2-15H,16,25H2,1H3,(H,26,29)(H,27,28)/b22-15-. The van der Waals surface area contributed by atoms with Crippen molar-refractivity contribution in [3.05, 3.63) is 107 Å². The Morgan fingerprint density at radius 2 is 1.55 bits per heavy atom. The van der Waals surface area contributed by atoms with Gasteiger partial charge in [0, 0.05) is 17.8 Å². The van der Waals surface area contributed by atoms with E-state index in [2.05, 4.69) is 10.6 Å². The maximum Gasteiger partial charge on any atom is 0.268 e. The van der Waals surface area contributed by atoms with Crippen molar-refractivity contribution in [2.24, 2.45) is 0 Å². The van der Waals surface area contributed by atoms with E-state index in [0.717, 1.165) is 16.7 Å². The average Bonchev–Trinajstić information content (AvgIpc) is 2.74. The van der Waals surface area contributed by atoms with Gasteiger partial charge in [-0.25, -0.2) is 0 Å². The number of nitrogen functional groups attached to an aromatic ring is 1. The highest BCUT2D eigenvalue weighted by Gasteiger charge is 2.15. The highest BCUT2D eigenvalue weighted by molar-refractivity contribution is 6.05. The third kappa shape index (κ3) is 5.56. The third-order valence-corrected chi connectivity index (χ3v) is 4.41. The lowest BCUT2D eigenvalue weighted by Crippen LogP contribution is -2.34. The summed E-state index contributed by atoms with van der Waals surface area (Å²) in [7, 11) is 0. The summed E-state index contributed by atoms with van der Waals surface area (Å²) in [5, 5.41) is 5.55. The van der Waals surface area contributed by atoms with E-state index in [1.54, 1.807) is 36.4 Å². The molecule has 29 heavy (non-hydrogen) atoms. The molecule has 0 aliphatic heterocycles. The molecular formula is C24H23N3O2. The van der Waals surface area contributed by atoms with Crippen molar-refractivity contribution in [2.45, 2.75) is 13.5 Å².